The number of aromatic amines is 1. The van der Waals surface area contributed by atoms with Crippen LogP contribution in [0, 0.1) is 5.92 Å². The maximum Gasteiger partial charge on any atom is 0.253 e. The molecule has 2 fully saturated rings. The third-order valence-corrected chi connectivity index (χ3v) is 7.71. The molecule has 37 heavy (non-hydrogen) atoms. The van der Waals surface area contributed by atoms with Crippen LogP contribution in [-0.2, 0) is 19.4 Å². The molecule has 0 radical (unpaired) electrons. The van der Waals surface area contributed by atoms with Crippen LogP contribution < -0.4 is 5.32 Å². The van der Waals surface area contributed by atoms with Crippen LogP contribution in [0.4, 0.5) is 0 Å². The normalized spacial score (nSPS) is 20.4. The van der Waals surface area contributed by atoms with E-state index < -0.39 is 6.10 Å². The van der Waals surface area contributed by atoms with E-state index in [1.807, 2.05) is 19.2 Å². The molecule has 3 N–H and O–H groups in total. The standard InChI is InChI=1S/C31H40N4O2/c1-20(2)16-21-4-8-24(9-5-21)30(36)28-15-14-26(32-28)17-22-6-10-25(11-7-22)31(37)35(3)19-27-18-29(34-33-27)23-12-13-23/h4-11,18,20,23,26,28,30,32,36H,12-17,19H2,1-3H3,(H,33,34). The number of carbonyl (C=O) groups excluding carboxylic acids is 1. The average Bonchev–Trinajstić information content (AvgIpc) is 3.46. The van der Waals surface area contributed by atoms with Crippen molar-refractivity contribution in [3.05, 3.63) is 88.2 Å². The monoisotopic (exact) mass is 500 g/mol. The van der Waals surface area contributed by atoms with E-state index in [4.69, 9.17) is 0 Å². The lowest BCUT2D eigenvalue weighted by molar-refractivity contribution is 0.0783. The molecule has 0 spiro atoms. The van der Waals surface area contributed by atoms with Crippen LogP contribution in [0.15, 0.2) is 54.6 Å². The first-order valence-corrected chi connectivity index (χ1v) is 13.8. The molecule has 1 aliphatic heterocycles. The number of nitrogens with one attached hydrogen (secondary N) is 2. The van der Waals surface area contributed by atoms with Gasteiger partial charge in [0.2, 0.25) is 0 Å². The number of rotatable bonds is 10. The van der Waals surface area contributed by atoms with Gasteiger partial charge in [-0.3, -0.25) is 9.89 Å². The van der Waals surface area contributed by atoms with Crippen molar-refractivity contribution in [3.8, 4) is 0 Å². The van der Waals surface area contributed by atoms with Gasteiger partial charge in [0.05, 0.1) is 24.0 Å². The molecular weight excluding hydrogens is 460 g/mol. The van der Waals surface area contributed by atoms with Crippen LogP contribution in [0.3, 0.4) is 0 Å². The van der Waals surface area contributed by atoms with Gasteiger partial charge >= 0.3 is 0 Å². The molecular formula is C31H40N4O2. The molecule has 1 amide bonds. The zero-order chi connectivity index (χ0) is 25.9. The number of amides is 1. The number of hydrogen-bond donors (Lipinski definition) is 3. The lowest BCUT2D eigenvalue weighted by Crippen LogP contribution is -2.35. The highest BCUT2D eigenvalue weighted by molar-refractivity contribution is 5.94. The zero-order valence-electron chi connectivity index (χ0n) is 22.3. The van der Waals surface area contributed by atoms with Crippen LogP contribution in [0.5, 0.6) is 0 Å². The molecule has 3 atom stereocenters. The number of aliphatic hydroxyl groups excluding tert-OH is 1. The van der Waals surface area contributed by atoms with E-state index in [-0.39, 0.29) is 11.9 Å². The highest BCUT2D eigenvalue weighted by Gasteiger charge is 2.30. The van der Waals surface area contributed by atoms with Gasteiger partial charge in [0.25, 0.3) is 5.91 Å². The summed E-state index contributed by atoms with van der Waals surface area (Å²) < 4.78 is 0. The first-order valence-electron chi connectivity index (χ1n) is 13.8. The Balaban J connectivity index is 1.11. The summed E-state index contributed by atoms with van der Waals surface area (Å²) in [4.78, 5) is 14.7. The van der Waals surface area contributed by atoms with Crippen molar-refractivity contribution in [3.63, 3.8) is 0 Å². The van der Waals surface area contributed by atoms with Gasteiger partial charge in [0, 0.05) is 30.6 Å². The lowest BCUT2D eigenvalue weighted by Gasteiger charge is -2.21. The molecule has 3 aromatic rings. The van der Waals surface area contributed by atoms with Crippen LogP contribution in [-0.4, -0.2) is 45.2 Å². The van der Waals surface area contributed by atoms with E-state index in [9.17, 15) is 9.90 Å². The molecule has 1 saturated heterocycles. The highest BCUT2D eigenvalue weighted by atomic mass is 16.3. The predicted octanol–water partition coefficient (Wildman–Crippen LogP) is 5.15. The van der Waals surface area contributed by atoms with Crippen molar-refractivity contribution in [2.45, 2.75) is 83.0 Å². The summed E-state index contributed by atoms with van der Waals surface area (Å²) in [6, 6.07) is 18.9. The third-order valence-electron chi connectivity index (χ3n) is 7.71. The summed E-state index contributed by atoms with van der Waals surface area (Å²) in [5.74, 6) is 1.24. The van der Waals surface area contributed by atoms with Gasteiger partial charge < -0.3 is 15.3 Å². The summed E-state index contributed by atoms with van der Waals surface area (Å²) in [5.41, 5.74) is 6.30. The number of benzene rings is 2. The van der Waals surface area contributed by atoms with E-state index in [0.717, 1.165) is 42.6 Å². The Morgan fingerprint density at radius 2 is 1.73 bits per heavy atom. The first kappa shape index (κ1) is 25.7. The molecule has 5 rings (SSSR count). The fourth-order valence-electron chi connectivity index (χ4n) is 5.48. The minimum absolute atomic E-state index is 0.00992. The Morgan fingerprint density at radius 3 is 2.41 bits per heavy atom. The first-order chi connectivity index (χ1) is 17.9. The molecule has 3 unspecified atom stereocenters. The summed E-state index contributed by atoms with van der Waals surface area (Å²) in [6.07, 6.45) is 5.88. The Hall–Kier alpha value is -2.96. The van der Waals surface area contributed by atoms with Crippen LogP contribution in [0.2, 0.25) is 0 Å². The van der Waals surface area contributed by atoms with Gasteiger partial charge in [-0.15, -0.1) is 0 Å². The predicted molar refractivity (Wildman–Crippen MR) is 146 cm³/mol. The molecule has 0 bridgehead atoms. The molecule has 6 nitrogen and oxygen atoms in total. The second-order valence-electron chi connectivity index (χ2n) is 11.5. The quantitative estimate of drug-likeness (QED) is 0.359. The van der Waals surface area contributed by atoms with Gasteiger partial charge in [-0.25, -0.2) is 0 Å². The van der Waals surface area contributed by atoms with Crippen molar-refractivity contribution in [1.29, 1.82) is 0 Å². The second kappa shape index (κ2) is 11.2. The summed E-state index contributed by atoms with van der Waals surface area (Å²) >= 11 is 0. The zero-order valence-corrected chi connectivity index (χ0v) is 22.3. The SMILES string of the molecule is CC(C)Cc1ccc(C(O)C2CCC(Cc3ccc(C(=O)N(C)Cc4cc(C5CC5)n[nH]4)cc3)N2)cc1. The molecule has 6 heteroatoms. The van der Waals surface area contributed by atoms with Gasteiger partial charge in [-0.1, -0.05) is 50.2 Å². The van der Waals surface area contributed by atoms with Crippen molar-refractivity contribution in [2.24, 2.45) is 5.92 Å². The van der Waals surface area contributed by atoms with Gasteiger partial charge in [-0.2, -0.15) is 5.10 Å². The Labute approximate surface area is 220 Å². The molecule has 2 heterocycles. The Morgan fingerprint density at radius 1 is 1.03 bits per heavy atom. The van der Waals surface area contributed by atoms with Gasteiger partial charge in [-0.05, 0) is 79.3 Å². The van der Waals surface area contributed by atoms with Crippen LogP contribution >= 0.6 is 0 Å². The Bertz CT molecular complexity index is 1180. The maximum absolute atomic E-state index is 12.9. The number of carbonyl (C=O) groups is 1. The summed E-state index contributed by atoms with van der Waals surface area (Å²) in [7, 11) is 1.83. The number of aromatic nitrogens is 2. The van der Waals surface area contributed by atoms with Crippen molar-refractivity contribution in [2.75, 3.05) is 7.05 Å². The number of H-pyrrole nitrogens is 1. The fraction of sp³-hybridized carbons (Fsp3) is 0.484. The highest BCUT2D eigenvalue weighted by Crippen LogP contribution is 2.39. The van der Waals surface area contributed by atoms with Crippen LogP contribution in [0.1, 0.15) is 90.0 Å². The molecule has 2 aliphatic rings. The largest absolute Gasteiger partial charge is 0.387 e. The maximum atomic E-state index is 12.9. The van der Waals surface area contributed by atoms with E-state index >= 15 is 0 Å². The minimum atomic E-state index is -0.496. The molecule has 196 valence electrons. The van der Waals surface area contributed by atoms with Crippen molar-refractivity contribution >= 4 is 5.91 Å². The minimum Gasteiger partial charge on any atom is -0.387 e. The lowest BCUT2D eigenvalue weighted by atomic mass is 9.97. The van der Waals surface area contributed by atoms with E-state index in [1.54, 1.807) is 4.90 Å². The topological polar surface area (TPSA) is 81.2 Å². The third kappa shape index (κ3) is 6.49. The Kier molecular flexibility index (Phi) is 7.77. The number of hydrogen-bond acceptors (Lipinski definition) is 4. The molecule has 1 aliphatic carbocycles. The van der Waals surface area contributed by atoms with Crippen molar-refractivity contribution in [1.82, 2.24) is 20.4 Å². The average molecular weight is 501 g/mol. The van der Waals surface area contributed by atoms with Crippen LogP contribution in [0.25, 0.3) is 0 Å². The molecule has 1 saturated carbocycles. The van der Waals surface area contributed by atoms with Gasteiger partial charge in [0.15, 0.2) is 0 Å². The molecule has 2 aromatic carbocycles. The second-order valence-corrected chi connectivity index (χ2v) is 11.5. The van der Waals surface area contributed by atoms with E-state index in [1.165, 1.54) is 24.0 Å². The smallest absolute Gasteiger partial charge is 0.253 e. The number of nitrogens with zero attached hydrogens (tertiary/aromatic N) is 2. The van der Waals surface area contributed by atoms with E-state index in [0.29, 0.717) is 30.0 Å². The van der Waals surface area contributed by atoms with Crippen molar-refractivity contribution < 1.29 is 9.90 Å². The summed E-state index contributed by atoms with van der Waals surface area (Å²) in [5, 5.41) is 22.1. The fourth-order valence-corrected chi connectivity index (χ4v) is 5.48. The van der Waals surface area contributed by atoms with E-state index in [2.05, 4.69) is 71.8 Å². The summed E-state index contributed by atoms with van der Waals surface area (Å²) in [6.45, 7) is 4.97. The number of aliphatic hydroxyl groups is 1. The van der Waals surface area contributed by atoms with Gasteiger partial charge in [0.1, 0.15) is 0 Å². The molecule has 1 aromatic heterocycles.